The maximum absolute atomic E-state index is 12.4. The molecule has 3 unspecified atom stereocenters. The van der Waals surface area contributed by atoms with Crippen LogP contribution in [0.2, 0.25) is 0 Å². The molecule has 0 aromatic carbocycles. The monoisotopic (exact) mass is 368 g/mol. The van der Waals surface area contributed by atoms with Crippen molar-refractivity contribution in [3.05, 3.63) is 0 Å². The number of nitrogens with zero attached hydrogens (tertiary/aromatic N) is 1. The molecule has 152 valence electrons. The number of nitrogens with one attached hydrogen (secondary N) is 1. The van der Waals surface area contributed by atoms with Gasteiger partial charge in [-0.05, 0) is 37.0 Å². The first-order valence-corrected chi connectivity index (χ1v) is 10.6. The Morgan fingerprint density at radius 3 is 2.50 bits per heavy atom. The lowest BCUT2D eigenvalue weighted by Gasteiger charge is -2.38. The van der Waals surface area contributed by atoms with Gasteiger partial charge in [-0.3, -0.25) is 9.59 Å². The van der Waals surface area contributed by atoms with E-state index < -0.39 is 0 Å². The van der Waals surface area contributed by atoms with Crippen molar-refractivity contribution in [3.8, 4) is 0 Å². The highest BCUT2D eigenvalue weighted by Crippen LogP contribution is 2.29. The number of unbranched alkanes of at least 4 members (excludes halogenated alkanes) is 2. The maximum Gasteiger partial charge on any atom is 0.222 e. The van der Waals surface area contributed by atoms with Gasteiger partial charge in [-0.15, -0.1) is 0 Å². The normalized spacial score (nSPS) is 21.7. The lowest BCUT2D eigenvalue weighted by atomic mass is 9.81. The number of amides is 2. The van der Waals surface area contributed by atoms with Crippen LogP contribution in [0.1, 0.15) is 79.1 Å². The van der Waals surface area contributed by atoms with Crippen LogP contribution in [0.5, 0.6) is 0 Å². The number of carbonyl (C=O) groups excluding carboxylic acids is 2. The number of piperidine rings is 1. The summed E-state index contributed by atoms with van der Waals surface area (Å²) in [5, 5.41) is 12.4. The van der Waals surface area contributed by atoms with E-state index in [1.54, 1.807) is 0 Å². The highest BCUT2D eigenvalue weighted by Gasteiger charge is 2.31. The van der Waals surface area contributed by atoms with Crippen molar-refractivity contribution in [3.63, 3.8) is 0 Å². The lowest BCUT2D eigenvalue weighted by molar-refractivity contribution is -0.134. The minimum absolute atomic E-state index is 0.00810. The Labute approximate surface area is 159 Å². The second kappa shape index (κ2) is 12.3. The number of rotatable bonds is 11. The van der Waals surface area contributed by atoms with Crippen molar-refractivity contribution in [2.24, 2.45) is 17.8 Å². The molecule has 0 spiro atoms. The fraction of sp³-hybridized carbons (Fsp3) is 0.905. The number of likely N-dealkylation sites (tertiary alicyclic amines) is 1. The Hall–Kier alpha value is -1.10. The molecule has 1 aliphatic heterocycles. The van der Waals surface area contributed by atoms with Gasteiger partial charge in [-0.2, -0.15) is 0 Å². The summed E-state index contributed by atoms with van der Waals surface area (Å²) in [6, 6.07) is -0.150. The third-order valence-electron chi connectivity index (χ3n) is 5.55. The number of carbonyl (C=O) groups is 2. The Bertz CT molecular complexity index is 425. The highest BCUT2D eigenvalue weighted by molar-refractivity contribution is 5.77. The third kappa shape index (κ3) is 8.07. The SMILES string of the molecule is CCCCCC(=O)N1CCC(CC(=O)NC(CO)CC(C)C)C(CC)C1. The molecular weight excluding hydrogens is 328 g/mol. The fourth-order valence-corrected chi connectivity index (χ4v) is 4.00. The average molecular weight is 369 g/mol. The quantitative estimate of drug-likeness (QED) is 0.550. The second-order valence-electron chi connectivity index (χ2n) is 8.29. The molecule has 0 radical (unpaired) electrons. The molecule has 2 N–H and O–H groups in total. The number of hydrogen-bond donors (Lipinski definition) is 2. The summed E-state index contributed by atoms with van der Waals surface area (Å²) in [5.41, 5.74) is 0. The molecule has 0 aliphatic carbocycles. The standard InChI is InChI=1S/C21H40N2O3/c1-5-7-8-9-21(26)23-11-10-18(17(6-2)14-23)13-20(25)22-19(15-24)12-16(3)4/h16-19,24H,5-15H2,1-4H3,(H,22,25). The van der Waals surface area contributed by atoms with Gasteiger partial charge in [-0.1, -0.05) is 47.0 Å². The van der Waals surface area contributed by atoms with Crippen LogP contribution in [0, 0.1) is 17.8 Å². The van der Waals surface area contributed by atoms with Gasteiger partial charge in [0.2, 0.25) is 11.8 Å². The first-order valence-electron chi connectivity index (χ1n) is 10.6. The van der Waals surface area contributed by atoms with E-state index in [4.69, 9.17) is 0 Å². The zero-order valence-electron chi connectivity index (χ0n) is 17.3. The molecule has 0 bridgehead atoms. The molecule has 2 amide bonds. The van der Waals surface area contributed by atoms with Gasteiger partial charge in [-0.25, -0.2) is 0 Å². The van der Waals surface area contributed by atoms with Gasteiger partial charge in [0.05, 0.1) is 12.6 Å². The molecule has 5 nitrogen and oxygen atoms in total. The predicted octanol–water partition coefficient (Wildman–Crippen LogP) is 3.35. The molecule has 1 aliphatic rings. The summed E-state index contributed by atoms with van der Waals surface area (Å²) in [4.78, 5) is 26.8. The van der Waals surface area contributed by atoms with Gasteiger partial charge in [0.15, 0.2) is 0 Å². The number of aliphatic hydroxyl groups is 1. The van der Waals surface area contributed by atoms with Crippen molar-refractivity contribution in [1.82, 2.24) is 10.2 Å². The van der Waals surface area contributed by atoms with E-state index in [1.807, 2.05) is 4.90 Å². The van der Waals surface area contributed by atoms with E-state index in [0.29, 0.717) is 30.6 Å². The predicted molar refractivity (Wildman–Crippen MR) is 106 cm³/mol. The largest absolute Gasteiger partial charge is 0.394 e. The molecule has 0 aromatic heterocycles. The van der Waals surface area contributed by atoms with E-state index >= 15 is 0 Å². The number of hydrogen-bond acceptors (Lipinski definition) is 3. The van der Waals surface area contributed by atoms with Crippen molar-refractivity contribution in [1.29, 1.82) is 0 Å². The summed E-state index contributed by atoms with van der Waals surface area (Å²) in [6.07, 6.45) is 7.08. The van der Waals surface area contributed by atoms with Crippen LogP contribution < -0.4 is 5.32 Å². The van der Waals surface area contributed by atoms with E-state index in [9.17, 15) is 14.7 Å². The van der Waals surface area contributed by atoms with Crippen LogP contribution >= 0.6 is 0 Å². The lowest BCUT2D eigenvalue weighted by Crippen LogP contribution is -2.46. The Morgan fingerprint density at radius 2 is 1.92 bits per heavy atom. The molecule has 1 rings (SSSR count). The Balaban J connectivity index is 2.48. The van der Waals surface area contributed by atoms with Gasteiger partial charge >= 0.3 is 0 Å². The zero-order valence-corrected chi connectivity index (χ0v) is 17.3. The van der Waals surface area contributed by atoms with Gasteiger partial charge in [0.1, 0.15) is 0 Å². The van der Waals surface area contributed by atoms with E-state index in [1.165, 1.54) is 0 Å². The first kappa shape index (κ1) is 22.9. The maximum atomic E-state index is 12.4. The minimum atomic E-state index is -0.150. The molecule has 26 heavy (non-hydrogen) atoms. The summed E-state index contributed by atoms with van der Waals surface area (Å²) >= 11 is 0. The summed E-state index contributed by atoms with van der Waals surface area (Å²) in [7, 11) is 0. The average Bonchev–Trinajstić information content (AvgIpc) is 2.61. The minimum Gasteiger partial charge on any atom is -0.394 e. The van der Waals surface area contributed by atoms with Crippen molar-refractivity contribution < 1.29 is 14.7 Å². The van der Waals surface area contributed by atoms with Crippen LogP contribution in [0.15, 0.2) is 0 Å². The summed E-state index contributed by atoms with van der Waals surface area (Å²) < 4.78 is 0. The third-order valence-corrected chi connectivity index (χ3v) is 5.55. The summed E-state index contributed by atoms with van der Waals surface area (Å²) in [5.74, 6) is 1.48. The molecule has 0 aromatic rings. The molecule has 1 heterocycles. The highest BCUT2D eigenvalue weighted by atomic mass is 16.3. The summed E-state index contributed by atoms with van der Waals surface area (Å²) in [6.45, 7) is 10.0. The molecule has 1 fully saturated rings. The van der Waals surface area contributed by atoms with E-state index in [0.717, 1.165) is 51.6 Å². The molecular formula is C21H40N2O3. The van der Waals surface area contributed by atoms with Crippen LogP contribution in [-0.2, 0) is 9.59 Å². The smallest absolute Gasteiger partial charge is 0.222 e. The van der Waals surface area contributed by atoms with E-state index in [-0.39, 0.29) is 24.5 Å². The van der Waals surface area contributed by atoms with Gasteiger partial charge < -0.3 is 15.3 Å². The fourth-order valence-electron chi connectivity index (χ4n) is 4.00. The van der Waals surface area contributed by atoms with Gasteiger partial charge in [0, 0.05) is 25.9 Å². The van der Waals surface area contributed by atoms with Crippen molar-refractivity contribution >= 4 is 11.8 Å². The number of aliphatic hydroxyl groups excluding tert-OH is 1. The molecule has 3 atom stereocenters. The molecule has 5 heteroatoms. The van der Waals surface area contributed by atoms with Crippen LogP contribution in [-0.4, -0.2) is 47.6 Å². The van der Waals surface area contributed by atoms with Crippen LogP contribution in [0.25, 0.3) is 0 Å². The van der Waals surface area contributed by atoms with Crippen LogP contribution in [0.4, 0.5) is 0 Å². The Kier molecular flexibility index (Phi) is 10.9. The zero-order chi connectivity index (χ0) is 19.5. The van der Waals surface area contributed by atoms with Crippen LogP contribution in [0.3, 0.4) is 0 Å². The molecule has 0 saturated carbocycles. The second-order valence-corrected chi connectivity index (χ2v) is 8.29. The van der Waals surface area contributed by atoms with Crippen molar-refractivity contribution in [2.75, 3.05) is 19.7 Å². The molecule has 1 saturated heterocycles. The van der Waals surface area contributed by atoms with Crippen molar-refractivity contribution in [2.45, 2.75) is 85.1 Å². The van der Waals surface area contributed by atoms with Gasteiger partial charge in [0.25, 0.3) is 0 Å². The first-order chi connectivity index (χ1) is 12.4. The topological polar surface area (TPSA) is 69.6 Å². The Morgan fingerprint density at radius 1 is 1.19 bits per heavy atom. The van der Waals surface area contributed by atoms with E-state index in [2.05, 4.69) is 33.0 Å².